The van der Waals surface area contributed by atoms with E-state index in [-0.39, 0.29) is 55.2 Å². The molecule has 0 spiro atoms. The second-order valence-corrected chi connectivity index (χ2v) is 12.0. The SMILES string of the molecule is CC(C)(C)CN(CCc1c(Cl)c[nH]c(=O)c1Cl)C(=O)c1cnn(C2CCC(C)(C(=O)O)CC2)c1C(F)(F)F. The Morgan fingerprint density at radius 1 is 1.24 bits per heavy atom. The van der Waals surface area contributed by atoms with Crippen LogP contribution in [0.5, 0.6) is 0 Å². The van der Waals surface area contributed by atoms with Gasteiger partial charge in [-0.05, 0) is 50.0 Å². The molecular weight excluding hydrogens is 548 g/mol. The molecule has 0 bridgehead atoms. The highest BCUT2D eigenvalue weighted by atomic mass is 35.5. The van der Waals surface area contributed by atoms with Gasteiger partial charge in [0.2, 0.25) is 0 Å². The van der Waals surface area contributed by atoms with Gasteiger partial charge in [-0.3, -0.25) is 19.1 Å². The summed E-state index contributed by atoms with van der Waals surface area (Å²) in [5.74, 6) is -1.84. The lowest BCUT2D eigenvalue weighted by Gasteiger charge is -2.34. The first-order valence-corrected chi connectivity index (χ1v) is 12.9. The fourth-order valence-electron chi connectivity index (χ4n) is 4.77. The third kappa shape index (κ3) is 6.54. The van der Waals surface area contributed by atoms with E-state index in [0.29, 0.717) is 5.56 Å². The van der Waals surface area contributed by atoms with E-state index in [0.717, 1.165) is 10.9 Å². The monoisotopic (exact) mass is 578 g/mol. The van der Waals surface area contributed by atoms with Crippen molar-refractivity contribution in [2.75, 3.05) is 13.1 Å². The summed E-state index contributed by atoms with van der Waals surface area (Å²) in [7, 11) is 0. The average molecular weight is 579 g/mol. The number of aromatic amines is 1. The van der Waals surface area contributed by atoms with E-state index in [4.69, 9.17) is 23.2 Å². The van der Waals surface area contributed by atoms with Crippen molar-refractivity contribution >= 4 is 35.1 Å². The number of carboxylic acids is 1. The Balaban J connectivity index is 1.95. The van der Waals surface area contributed by atoms with Gasteiger partial charge in [-0.2, -0.15) is 18.3 Å². The standard InChI is InChI=1S/C25H31Cl2F3N4O4/c1-23(2,3)13-33(10-7-15-17(26)12-31-20(35)18(15)27)21(36)16-11-32-34(19(16)25(28,29)30)14-5-8-24(4,9-6-14)22(37)38/h11-12,14H,5-10,13H2,1-4H3,(H,31,35)(H,37,38). The first-order chi connectivity index (χ1) is 17.4. The number of nitrogens with one attached hydrogen (secondary N) is 1. The van der Waals surface area contributed by atoms with Gasteiger partial charge in [-0.15, -0.1) is 0 Å². The van der Waals surface area contributed by atoms with E-state index in [1.54, 1.807) is 6.92 Å². The molecule has 0 aromatic carbocycles. The lowest BCUT2D eigenvalue weighted by molar-refractivity contribution is -0.152. The second-order valence-electron chi connectivity index (χ2n) is 11.2. The van der Waals surface area contributed by atoms with Crippen LogP contribution in [0.15, 0.2) is 17.2 Å². The van der Waals surface area contributed by atoms with Crippen LogP contribution in [0.4, 0.5) is 13.2 Å². The fraction of sp³-hybridized carbons (Fsp3) is 0.600. The molecule has 0 unspecified atom stereocenters. The number of carbonyl (C=O) groups is 2. The van der Waals surface area contributed by atoms with E-state index in [1.807, 2.05) is 20.8 Å². The van der Waals surface area contributed by atoms with E-state index in [2.05, 4.69) is 10.1 Å². The van der Waals surface area contributed by atoms with Gasteiger partial charge in [0.1, 0.15) is 5.02 Å². The highest BCUT2D eigenvalue weighted by Gasteiger charge is 2.45. The van der Waals surface area contributed by atoms with Crippen LogP contribution in [0.25, 0.3) is 0 Å². The third-order valence-electron chi connectivity index (χ3n) is 6.88. The topological polar surface area (TPSA) is 108 Å². The Kier molecular flexibility index (Phi) is 8.62. The largest absolute Gasteiger partial charge is 0.481 e. The van der Waals surface area contributed by atoms with Gasteiger partial charge in [0.25, 0.3) is 11.5 Å². The van der Waals surface area contributed by atoms with E-state index in [1.165, 1.54) is 11.1 Å². The molecule has 1 aliphatic carbocycles. The predicted octanol–water partition coefficient (Wildman–Crippen LogP) is 5.83. The quantitative estimate of drug-likeness (QED) is 0.429. The maximum atomic E-state index is 14.3. The van der Waals surface area contributed by atoms with Crippen LogP contribution in [0.3, 0.4) is 0 Å². The average Bonchev–Trinajstić information content (AvgIpc) is 3.26. The number of H-pyrrole nitrogens is 1. The number of halogens is 5. The van der Waals surface area contributed by atoms with Crippen LogP contribution in [0.2, 0.25) is 10.0 Å². The molecule has 0 radical (unpaired) electrons. The lowest BCUT2D eigenvalue weighted by atomic mass is 9.74. The van der Waals surface area contributed by atoms with Crippen LogP contribution < -0.4 is 5.56 Å². The first kappa shape index (κ1) is 30.0. The van der Waals surface area contributed by atoms with Gasteiger partial charge in [-0.25, -0.2) is 0 Å². The van der Waals surface area contributed by atoms with Crippen molar-refractivity contribution in [1.82, 2.24) is 19.7 Å². The number of carboxylic acid groups (broad SMARTS) is 1. The molecule has 38 heavy (non-hydrogen) atoms. The molecule has 0 aliphatic heterocycles. The lowest BCUT2D eigenvalue weighted by Crippen LogP contribution is -2.40. The summed E-state index contributed by atoms with van der Waals surface area (Å²) in [5.41, 5.74) is -3.48. The van der Waals surface area contributed by atoms with E-state index in [9.17, 15) is 32.7 Å². The van der Waals surface area contributed by atoms with Crippen molar-refractivity contribution in [3.8, 4) is 0 Å². The summed E-state index contributed by atoms with van der Waals surface area (Å²) >= 11 is 12.3. The number of hydrogen-bond acceptors (Lipinski definition) is 4. The Labute approximate surface area is 228 Å². The molecule has 2 aromatic rings. The van der Waals surface area contributed by atoms with Crippen molar-refractivity contribution in [3.63, 3.8) is 0 Å². The number of carbonyl (C=O) groups excluding carboxylic acids is 1. The minimum absolute atomic E-state index is 0.0398. The number of aromatic nitrogens is 3. The summed E-state index contributed by atoms with van der Waals surface area (Å²) in [6.45, 7) is 7.19. The first-order valence-electron chi connectivity index (χ1n) is 12.2. The van der Waals surface area contributed by atoms with Gasteiger partial charge >= 0.3 is 12.1 Å². The highest BCUT2D eigenvalue weighted by Crippen LogP contribution is 2.43. The number of aliphatic carboxylic acids is 1. The number of hydrogen-bond donors (Lipinski definition) is 2. The van der Waals surface area contributed by atoms with Crippen molar-refractivity contribution < 1.29 is 27.9 Å². The second kappa shape index (κ2) is 10.9. The normalized spacial score (nSPS) is 20.4. The maximum Gasteiger partial charge on any atom is 0.433 e. The molecule has 2 heterocycles. The maximum absolute atomic E-state index is 14.3. The number of amides is 1. The van der Waals surface area contributed by atoms with Crippen molar-refractivity contribution in [3.05, 3.63) is 49.6 Å². The molecule has 0 atom stereocenters. The van der Waals surface area contributed by atoms with Gasteiger partial charge in [0.05, 0.1) is 28.2 Å². The Hall–Kier alpha value is -2.53. The smallest absolute Gasteiger partial charge is 0.433 e. The van der Waals surface area contributed by atoms with E-state index >= 15 is 0 Å². The number of nitrogens with zero attached hydrogens (tertiary/aromatic N) is 3. The summed E-state index contributed by atoms with van der Waals surface area (Å²) in [6.07, 6.45) is -1.86. The van der Waals surface area contributed by atoms with Crippen LogP contribution in [0.1, 0.15) is 81.0 Å². The molecule has 210 valence electrons. The molecule has 1 aliphatic rings. The molecule has 0 saturated heterocycles. The minimum Gasteiger partial charge on any atom is -0.481 e. The zero-order valence-corrected chi connectivity index (χ0v) is 23.1. The van der Waals surface area contributed by atoms with Crippen molar-refractivity contribution in [2.24, 2.45) is 10.8 Å². The minimum atomic E-state index is -4.87. The molecule has 3 rings (SSSR count). The van der Waals surface area contributed by atoms with Gasteiger partial charge < -0.3 is 15.0 Å². The highest BCUT2D eigenvalue weighted by molar-refractivity contribution is 6.35. The van der Waals surface area contributed by atoms with Gasteiger partial charge in [0, 0.05) is 19.3 Å². The summed E-state index contributed by atoms with van der Waals surface area (Å²) in [4.78, 5) is 40.7. The van der Waals surface area contributed by atoms with Gasteiger partial charge in [0.15, 0.2) is 5.69 Å². The van der Waals surface area contributed by atoms with Crippen LogP contribution >= 0.6 is 23.2 Å². The van der Waals surface area contributed by atoms with Crippen LogP contribution in [0, 0.1) is 10.8 Å². The zero-order valence-electron chi connectivity index (χ0n) is 21.6. The summed E-state index contributed by atoms with van der Waals surface area (Å²) in [6, 6.07) is -0.690. The Morgan fingerprint density at radius 3 is 2.37 bits per heavy atom. The zero-order chi connectivity index (χ0) is 28.6. The van der Waals surface area contributed by atoms with Gasteiger partial charge in [-0.1, -0.05) is 44.0 Å². The molecular formula is C25H31Cl2F3N4O4. The Morgan fingerprint density at radius 2 is 1.84 bits per heavy atom. The van der Waals surface area contributed by atoms with Crippen molar-refractivity contribution in [1.29, 1.82) is 0 Å². The molecule has 2 N–H and O–H groups in total. The molecule has 8 nitrogen and oxygen atoms in total. The summed E-state index contributed by atoms with van der Waals surface area (Å²) in [5, 5.41) is 13.5. The molecule has 1 fully saturated rings. The number of rotatable bonds is 7. The molecule has 1 saturated carbocycles. The molecule has 1 amide bonds. The third-order valence-corrected chi connectivity index (χ3v) is 7.62. The predicted molar refractivity (Wildman–Crippen MR) is 137 cm³/mol. The molecule has 2 aromatic heterocycles. The van der Waals surface area contributed by atoms with E-state index < -0.39 is 51.7 Å². The van der Waals surface area contributed by atoms with Crippen LogP contribution in [-0.2, 0) is 17.4 Å². The molecule has 13 heteroatoms. The summed E-state index contributed by atoms with van der Waals surface area (Å²) < 4.78 is 43.9. The number of alkyl halides is 3. The fourth-order valence-corrected chi connectivity index (χ4v) is 5.31. The van der Waals surface area contributed by atoms with Crippen molar-refractivity contribution in [2.45, 2.75) is 72.0 Å². The Bertz CT molecular complexity index is 1260. The van der Waals surface area contributed by atoms with Crippen LogP contribution in [-0.4, -0.2) is 49.7 Å². The number of pyridine rings is 1.